The molecule has 0 bridgehead atoms. The summed E-state index contributed by atoms with van der Waals surface area (Å²) in [6.45, 7) is 26.9. The number of carbonyl (C=O) groups excluding carboxylic acids is 4. The third kappa shape index (κ3) is 24.6. The van der Waals surface area contributed by atoms with Gasteiger partial charge in [-0.05, 0) is 293 Å². The van der Waals surface area contributed by atoms with E-state index in [1.807, 2.05) is 197 Å². The van der Waals surface area contributed by atoms with Crippen LogP contribution in [0.1, 0.15) is 148 Å². The van der Waals surface area contributed by atoms with E-state index in [1.165, 1.54) is 108 Å². The Hall–Kier alpha value is -14.7. The van der Waals surface area contributed by atoms with Crippen molar-refractivity contribution in [3.8, 4) is 90.8 Å². The highest BCUT2D eigenvalue weighted by atomic mass is 35.5. The maximum Gasteiger partial charge on any atom is 0.324 e. The van der Waals surface area contributed by atoms with Gasteiger partial charge >= 0.3 is 24.1 Å². The number of aryl methyl sites for hydroxylation is 8. The lowest BCUT2D eigenvalue weighted by Crippen LogP contribution is -2.49. The van der Waals surface area contributed by atoms with Crippen molar-refractivity contribution in [1.29, 1.82) is 0 Å². The number of benzene rings is 3. The van der Waals surface area contributed by atoms with Crippen molar-refractivity contribution in [3.05, 3.63) is 214 Å². The van der Waals surface area contributed by atoms with E-state index in [4.69, 9.17) is 45.9 Å². The molecule has 18 heterocycles. The summed E-state index contributed by atoms with van der Waals surface area (Å²) in [4.78, 5) is 111. The van der Waals surface area contributed by atoms with Crippen LogP contribution in [0.25, 0.3) is 113 Å². The zero-order chi connectivity index (χ0) is 99.2. The molecule has 8 amide bonds. The van der Waals surface area contributed by atoms with Gasteiger partial charge in [-0.3, -0.25) is 26.3 Å². The molecule has 15 aromatic rings. The molecular formula is C104H115Cl2N29O8. The Bertz CT molecular complexity index is 6790. The van der Waals surface area contributed by atoms with Crippen molar-refractivity contribution in [3.63, 3.8) is 0 Å². The van der Waals surface area contributed by atoms with Crippen molar-refractivity contribution in [2.45, 2.75) is 176 Å². The Kier molecular flexibility index (Phi) is 31.4. The number of likely N-dealkylation sites (tertiary alicyclic amines) is 6. The Morgan fingerprint density at radius 1 is 0.357 bits per heavy atom. The molecule has 37 nitrogen and oxygen atoms in total. The maximum atomic E-state index is 13.1. The summed E-state index contributed by atoms with van der Waals surface area (Å²) in [6, 6.07) is 41.9. The molecule has 6 fully saturated rings. The molecule has 0 unspecified atom stereocenters. The average molecular weight is 1970 g/mol. The number of hydrogen-bond acceptors (Lipinski definition) is 29. The zero-order valence-electron chi connectivity index (χ0n) is 81.7. The zero-order valence-corrected chi connectivity index (χ0v) is 83.2. The molecule has 4 N–H and O–H groups in total. The molecule has 0 atom stereocenters. The third-order valence-electron chi connectivity index (χ3n) is 26.7. The van der Waals surface area contributed by atoms with Gasteiger partial charge in [0.15, 0.2) is 23.0 Å². The molecule has 0 spiro atoms. The number of urea groups is 4. The van der Waals surface area contributed by atoms with Crippen LogP contribution in [0.4, 0.5) is 43.0 Å². The molecule has 6 aliphatic rings. The average Bonchev–Trinajstić information content (AvgIpc) is 1.79. The third-order valence-corrected chi connectivity index (χ3v) is 27.1. The van der Waals surface area contributed by atoms with Crippen LogP contribution in [0.2, 0.25) is 10.2 Å². The highest BCUT2D eigenvalue weighted by Crippen LogP contribution is 2.39. The minimum Gasteiger partial charge on any atom is -0.460 e. The summed E-state index contributed by atoms with van der Waals surface area (Å²) in [6.07, 6.45) is 22.4. The fraction of sp³-hybridized carbons (Fsp3) is 0.385. The first kappa shape index (κ1) is 98.5. The number of anilines is 4. The first-order valence-corrected chi connectivity index (χ1v) is 49.6. The van der Waals surface area contributed by atoms with Gasteiger partial charge in [0.1, 0.15) is 86.4 Å². The second-order valence-corrected chi connectivity index (χ2v) is 37.9. The standard InChI is InChI=1S/C28H32N8O2.C26H31ClN6O2.C25H30ClN7O2.C25H22N8O2/c1-18-6-9-24(38-18)26-25(20-7-8-23-22(16-20)19(2)29-17-30-23)33-34-27(31-26)32-28(37)36-14-10-21(11-15-36)35-12-4-3-5-13-35;1-17-14-19(16-20(27)15-17)23-24(22-7-6-18(2)35-22)28-25(31-30-23)29-26(34)33-12-8-21(9-13-33)32-10-4-3-5-11-32;1-16-14-18(15-21(26)27-16)22-23(20-7-6-17(2)35-20)28-24(31-30-22)29-25(34)33-12-8-19(9-13-33)32-10-4-3-5-11-32;1-15-7-10-21(35-15)23-22(17-8-9-20-19(12-17)16(2)27-14-28-20)31-32-24(29-23)30-25(34)33(3)13-18-6-4-5-11-26-18/h6-9,16-17,21H,3-5,10-15H2,1-2H3,(H,31,32,34,37);6-7,14-16,21H,3-5,8-13H2,1-2H3,(H,28,29,31,34);6-7,14-15,19H,3-5,8-13H2,1-2H3,(H,28,29,31,34);4-12,14H,13H2,1-3H3,(H,29,30,32,34). The molecule has 3 aromatic carbocycles. The fourth-order valence-electron chi connectivity index (χ4n) is 19.2. The largest absolute Gasteiger partial charge is 0.460 e. The molecule has 0 saturated carbocycles. The fourth-order valence-corrected chi connectivity index (χ4v) is 19.7. The molecule has 738 valence electrons. The number of pyridine rings is 2. The molecular weight excluding hydrogens is 1850 g/mol. The molecule has 0 radical (unpaired) electrons. The van der Waals surface area contributed by atoms with Crippen LogP contribution in [0, 0.1) is 55.4 Å². The first-order valence-electron chi connectivity index (χ1n) is 48.9. The Morgan fingerprint density at radius 2 is 0.720 bits per heavy atom. The number of furan rings is 4. The number of hydrogen-bond donors (Lipinski definition) is 4. The monoisotopic (exact) mass is 1970 g/mol. The van der Waals surface area contributed by atoms with Crippen LogP contribution in [0.15, 0.2) is 170 Å². The smallest absolute Gasteiger partial charge is 0.324 e. The van der Waals surface area contributed by atoms with Crippen molar-refractivity contribution in [2.75, 3.05) is 107 Å². The second-order valence-electron chi connectivity index (χ2n) is 37.0. The van der Waals surface area contributed by atoms with Gasteiger partial charge < -0.3 is 52.0 Å². The summed E-state index contributed by atoms with van der Waals surface area (Å²) < 4.78 is 23.4. The van der Waals surface area contributed by atoms with Crippen LogP contribution < -0.4 is 21.3 Å². The van der Waals surface area contributed by atoms with Crippen molar-refractivity contribution < 1.29 is 36.8 Å². The van der Waals surface area contributed by atoms with Gasteiger partial charge in [-0.15, -0.1) is 40.8 Å². The van der Waals surface area contributed by atoms with E-state index in [-0.39, 0.29) is 47.9 Å². The minimum absolute atomic E-state index is 0.0657. The number of aromatic nitrogens is 18. The molecule has 21 rings (SSSR count). The van der Waals surface area contributed by atoms with Crippen LogP contribution in [0.5, 0.6) is 0 Å². The number of halogens is 2. The summed E-state index contributed by atoms with van der Waals surface area (Å²) in [7, 11) is 1.67. The van der Waals surface area contributed by atoms with E-state index < -0.39 is 0 Å². The number of carbonyl (C=O) groups is 4. The Labute approximate surface area is 837 Å². The van der Waals surface area contributed by atoms with E-state index >= 15 is 0 Å². The highest BCUT2D eigenvalue weighted by molar-refractivity contribution is 6.31. The van der Waals surface area contributed by atoms with Gasteiger partial charge in [-0.25, -0.2) is 64.0 Å². The van der Waals surface area contributed by atoms with E-state index in [9.17, 15) is 19.2 Å². The number of amides is 8. The molecule has 12 aromatic heterocycles. The van der Waals surface area contributed by atoms with Crippen molar-refractivity contribution >= 4 is 92.9 Å². The number of nitrogens with zero attached hydrogens (tertiary/aromatic N) is 25. The molecule has 39 heteroatoms. The number of rotatable bonds is 17. The summed E-state index contributed by atoms with van der Waals surface area (Å²) >= 11 is 12.5. The van der Waals surface area contributed by atoms with Crippen LogP contribution in [-0.4, -0.2) is 253 Å². The van der Waals surface area contributed by atoms with E-state index in [0.29, 0.717) is 103 Å². The van der Waals surface area contributed by atoms with Crippen LogP contribution in [-0.2, 0) is 6.54 Å². The van der Waals surface area contributed by atoms with Crippen LogP contribution in [0.3, 0.4) is 0 Å². The van der Waals surface area contributed by atoms with Gasteiger partial charge in [0, 0.05) is 126 Å². The lowest BCUT2D eigenvalue weighted by molar-refractivity contribution is 0.104. The molecule has 6 saturated heterocycles. The van der Waals surface area contributed by atoms with Crippen molar-refractivity contribution in [1.82, 2.24) is 125 Å². The normalized spacial score (nSPS) is 15.8. The number of fused-ring (bicyclic) bond motifs is 2. The lowest BCUT2D eigenvalue weighted by Gasteiger charge is -2.40. The Balaban J connectivity index is 0.000000126. The predicted octanol–water partition coefficient (Wildman–Crippen LogP) is 19.8. The van der Waals surface area contributed by atoms with Gasteiger partial charge in [0.25, 0.3) is 23.8 Å². The van der Waals surface area contributed by atoms with E-state index in [2.05, 4.69) is 122 Å². The number of nitrogens with one attached hydrogen (secondary N) is 4. The quantitative estimate of drug-likeness (QED) is 0.0615. The topological polar surface area (TPSA) is 424 Å². The first-order chi connectivity index (χ1) is 69.4. The van der Waals surface area contributed by atoms with Crippen molar-refractivity contribution in [2.24, 2.45) is 0 Å². The second kappa shape index (κ2) is 45.5. The highest BCUT2D eigenvalue weighted by Gasteiger charge is 2.34. The predicted molar refractivity (Wildman–Crippen MR) is 546 cm³/mol. The molecule has 143 heavy (non-hydrogen) atoms. The minimum atomic E-state index is -0.384. The SMILES string of the molecule is Cc1cc(-c2nnc(NC(=O)N3CCC(N4CCCCC4)CC3)nc2-c2ccc(C)o2)cc(Cl)n1.Cc1cc(Cl)cc(-c2nnc(NC(=O)N3CCC(N4CCCCC4)CC3)nc2-c2ccc(C)o2)c1.Cc1ccc(-c2nc(NC(=O)N(C)Cc3ccccn3)nnc2-c2ccc3ncnc(C)c3c2)o1.Cc1ccc(-c2nc(NC(=O)N3CCC(N4CCCCC4)CC3)nnc2-c2ccc3ncnc(C)c3c2)o1. The maximum absolute atomic E-state index is 13.1. The summed E-state index contributed by atoms with van der Waals surface area (Å²) in [5.74, 6) is 5.68. The Morgan fingerprint density at radius 3 is 1.06 bits per heavy atom. The van der Waals surface area contributed by atoms with Gasteiger partial charge in [-0.1, -0.05) is 60.7 Å². The van der Waals surface area contributed by atoms with Gasteiger partial charge in [0.2, 0.25) is 0 Å². The van der Waals surface area contributed by atoms with Gasteiger partial charge in [-0.2, -0.15) is 0 Å². The summed E-state index contributed by atoms with van der Waals surface area (Å²) in [5, 5.41) is 48.6. The van der Waals surface area contributed by atoms with Crippen LogP contribution >= 0.6 is 23.2 Å². The summed E-state index contributed by atoms with van der Waals surface area (Å²) in [5.41, 5.74) is 13.1. The molecule has 0 aliphatic carbocycles. The lowest BCUT2D eigenvalue weighted by atomic mass is 10.0. The van der Waals surface area contributed by atoms with E-state index in [0.717, 1.165) is 173 Å². The van der Waals surface area contributed by atoms with E-state index in [1.54, 1.807) is 25.6 Å². The van der Waals surface area contributed by atoms with Gasteiger partial charge in [0.05, 0.1) is 23.3 Å². The molecule has 6 aliphatic heterocycles. The number of piperidine rings is 6.